The molecule has 0 aromatic heterocycles. The molecule has 0 fully saturated rings. The molecule has 0 amide bonds. The van der Waals surface area contributed by atoms with Crippen LogP contribution >= 0.6 is 24.4 Å². The molecule has 0 saturated heterocycles. The van der Waals surface area contributed by atoms with Crippen molar-refractivity contribution in [1.29, 1.82) is 0 Å². The molecule has 2 heteroatoms. The van der Waals surface area contributed by atoms with Gasteiger partial charge in [-0.2, -0.15) is 0 Å². The van der Waals surface area contributed by atoms with Crippen LogP contribution in [0.25, 0.3) is 0 Å². The molecule has 0 saturated carbocycles. The van der Waals surface area contributed by atoms with Crippen molar-refractivity contribution in [2.45, 2.75) is 39.5 Å². The Kier molecular flexibility index (Phi) is 7.93. The quantitative estimate of drug-likeness (QED) is 0.455. The lowest BCUT2D eigenvalue weighted by Gasteiger charge is -2.14. The monoisotopic (exact) mass is 202 g/mol. The van der Waals surface area contributed by atoms with E-state index in [9.17, 15) is 0 Å². The predicted molar refractivity (Wildman–Crippen MR) is 64.1 cm³/mol. The van der Waals surface area contributed by atoms with Gasteiger partial charge in [0, 0.05) is 0 Å². The van der Waals surface area contributed by atoms with Gasteiger partial charge in [-0.25, -0.2) is 0 Å². The first kappa shape index (κ1) is 12.2. The maximum Gasteiger partial charge on any atom is -0.00600 e. The third kappa shape index (κ3) is 4.94. The molecule has 0 spiro atoms. The average molecular weight is 202 g/mol. The van der Waals surface area contributed by atoms with Gasteiger partial charge in [-0.15, -0.1) is 0 Å². The highest BCUT2D eigenvalue weighted by atomic mass is 32.1. The van der Waals surface area contributed by atoms with E-state index >= 15 is 0 Å². The summed E-state index contributed by atoms with van der Waals surface area (Å²) in [5.74, 6) is 0.985. The van der Waals surface area contributed by atoms with Gasteiger partial charge in [-0.1, -0.05) is 57.5 Å². The number of hydrogen-bond acceptors (Lipinski definition) is 2. The standard InChI is InChI=1S/C10H18S2/c1-3-4-5-6-10(8-12)9(2)7-11/h7-10H,3-6H2,1-2H3. The molecule has 12 heavy (non-hydrogen) atoms. The smallest absolute Gasteiger partial charge is 0.00600 e. The first-order valence-corrected chi connectivity index (χ1v) is 5.61. The molecule has 70 valence electrons. The molecule has 0 radical (unpaired) electrons. The summed E-state index contributed by atoms with van der Waals surface area (Å²) in [7, 11) is 0. The van der Waals surface area contributed by atoms with Gasteiger partial charge >= 0.3 is 0 Å². The van der Waals surface area contributed by atoms with Crippen molar-refractivity contribution in [2.75, 3.05) is 0 Å². The van der Waals surface area contributed by atoms with Gasteiger partial charge in [0.25, 0.3) is 0 Å². The lowest BCUT2D eigenvalue weighted by atomic mass is 9.92. The van der Waals surface area contributed by atoms with Gasteiger partial charge in [0.1, 0.15) is 0 Å². The van der Waals surface area contributed by atoms with E-state index < -0.39 is 0 Å². The molecular formula is C10H18S2. The topological polar surface area (TPSA) is 0 Å². The largest absolute Gasteiger partial charge is 0.0932 e. The van der Waals surface area contributed by atoms with Crippen LogP contribution in [0.2, 0.25) is 0 Å². The summed E-state index contributed by atoms with van der Waals surface area (Å²) < 4.78 is 0. The molecule has 2 atom stereocenters. The Labute approximate surface area is 86.7 Å². The molecule has 0 aliphatic carbocycles. The second kappa shape index (κ2) is 7.81. The van der Waals surface area contributed by atoms with E-state index in [1.165, 1.54) is 25.7 Å². The fourth-order valence-electron chi connectivity index (χ4n) is 1.19. The Bertz CT molecular complexity index is 132. The van der Waals surface area contributed by atoms with Gasteiger partial charge in [0.2, 0.25) is 0 Å². The zero-order valence-corrected chi connectivity index (χ0v) is 9.59. The minimum atomic E-state index is 0.467. The van der Waals surface area contributed by atoms with Crippen LogP contribution in [0.15, 0.2) is 0 Å². The van der Waals surface area contributed by atoms with Crippen LogP contribution in [0.4, 0.5) is 0 Å². The fraction of sp³-hybridized carbons (Fsp3) is 0.800. The number of rotatable bonds is 7. The summed E-state index contributed by atoms with van der Waals surface area (Å²) in [6.45, 7) is 4.36. The van der Waals surface area contributed by atoms with Crippen molar-refractivity contribution >= 4 is 35.2 Å². The van der Waals surface area contributed by atoms with Crippen molar-refractivity contribution in [1.82, 2.24) is 0 Å². The summed E-state index contributed by atoms with van der Waals surface area (Å²) in [6, 6.07) is 0. The molecule has 0 aromatic carbocycles. The van der Waals surface area contributed by atoms with Crippen LogP contribution in [-0.4, -0.2) is 10.7 Å². The summed E-state index contributed by atoms with van der Waals surface area (Å²) >= 11 is 9.88. The van der Waals surface area contributed by atoms with E-state index in [0.29, 0.717) is 11.8 Å². The molecule has 0 bridgehead atoms. The van der Waals surface area contributed by atoms with Crippen LogP contribution in [0.3, 0.4) is 0 Å². The van der Waals surface area contributed by atoms with Crippen LogP contribution < -0.4 is 0 Å². The zero-order valence-electron chi connectivity index (χ0n) is 7.95. The van der Waals surface area contributed by atoms with Crippen LogP contribution in [0.1, 0.15) is 39.5 Å². The van der Waals surface area contributed by atoms with Crippen molar-refractivity contribution in [3.63, 3.8) is 0 Å². The summed E-state index contributed by atoms with van der Waals surface area (Å²) in [5, 5.41) is 3.71. The molecule has 0 aliphatic heterocycles. The fourth-order valence-corrected chi connectivity index (χ4v) is 1.77. The number of unbranched alkanes of at least 4 members (excludes halogenated alkanes) is 2. The van der Waals surface area contributed by atoms with Crippen LogP contribution in [-0.2, 0) is 0 Å². The second-order valence-electron chi connectivity index (χ2n) is 3.29. The summed E-state index contributed by atoms with van der Waals surface area (Å²) in [5.41, 5.74) is 0. The summed E-state index contributed by atoms with van der Waals surface area (Å²) in [4.78, 5) is 0. The summed E-state index contributed by atoms with van der Waals surface area (Å²) in [6.07, 6.45) is 5.06. The Hall–Kier alpha value is 0.180. The maximum atomic E-state index is 4.97. The second-order valence-corrected chi connectivity index (χ2v) is 3.84. The van der Waals surface area contributed by atoms with Crippen molar-refractivity contribution < 1.29 is 0 Å². The Morgan fingerprint density at radius 1 is 1.17 bits per heavy atom. The number of thiocarbonyl (C=S) groups is 2. The Balaban J connectivity index is 3.66. The van der Waals surface area contributed by atoms with Crippen molar-refractivity contribution in [3.05, 3.63) is 0 Å². The van der Waals surface area contributed by atoms with E-state index in [0.717, 1.165) is 0 Å². The van der Waals surface area contributed by atoms with Gasteiger partial charge in [-0.05, 0) is 29.0 Å². The van der Waals surface area contributed by atoms with Crippen LogP contribution in [0, 0.1) is 11.8 Å². The van der Waals surface area contributed by atoms with Crippen molar-refractivity contribution in [2.24, 2.45) is 11.8 Å². The minimum absolute atomic E-state index is 0.467. The SMILES string of the molecule is CCCCCC(C=S)C(C)C=S. The van der Waals surface area contributed by atoms with Gasteiger partial charge in [-0.3, -0.25) is 0 Å². The normalized spacial score (nSPS) is 15.2. The Morgan fingerprint density at radius 2 is 1.83 bits per heavy atom. The first-order valence-electron chi connectivity index (χ1n) is 4.66. The van der Waals surface area contributed by atoms with Gasteiger partial charge in [0.05, 0.1) is 0 Å². The molecular weight excluding hydrogens is 184 g/mol. The zero-order chi connectivity index (χ0) is 9.40. The van der Waals surface area contributed by atoms with Crippen LogP contribution in [0.5, 0.6) is 0 Å². The third-order valence-corrected chi connectivity index (χ3v) is 2.98. The lowest BCUT2D eigenvalue weighted by molar-refractivity contribution is 0.516. The molecule has 0 N–H and O–H groups in total. The average Bonchev–Trinajstić information content (AvgIpc) is 2.11. The Morgan fingerprint density at radius 3 is 2.25 bits per heavy atom. The molecule has 0 rings (SSSR count). The lowest BCUT2D eigenvalue weighted by Crippen LogP contribution is -2.12. The molecule has 2 unspecified atom stereocenters. The first-order chi connectivity index (χ1) is 5.76. The molecule has 0 heterocycles. The highest BCUT2D eigenvalue weighted by molar-refractivity contribution is 7.79. The molecule has 0 aromatic rings. The van der Waals surface area contributed by atoms with E-state index in [1.54, 1.807) is 0 Å². The van der Waals surface area contributed by atoms with E-state index in [-0.39, 0.29) is 0 Å². The number of hydrogen-bond donors (Lipinski definition) is 0. The molecule has 0 aliphatic rings. The van der Waals surface area contributed by atoms with Gasteiger partial charge < -0.3 is 0 Å². The maximum absolute atomic E-state index is 4.97. The minimum Gasteiger partial charge on any atom is -0.0932 e. The van der Waals surface area contributed by atoms with Gasteiger partial charge in [0.15, 0.2) is 0 Å². The highest BCUT2D eigenvalue weighted by Gasteiger charge is 2.10. The van der Waals surface area contributed by atoms with E-state index in [2.05, 4.69) is 13.8 Å². The van der Waals surface area contributed by atoms with E-state index in [4.69, 9.17) is 24.4 Å². The molecule has 0 nitrogen and oxygen atoms in total. The predicted octanol–water partition coefficient (Wildman–Crippen LogP) is 3.82. The highest BCUT2D eigenvalue weighted by Crippen LogP contribution is 2.16. The van der Waals surface area contributed by atoms with E-state index in [1.807, 2.05) is 10.7 Å². The van der Waals surface area contributed by atoms with Crippen molar-refractivity contribution in [3.8, 4) is 0 Å². The third-order valence-electron chi connectivity index (χ3n) is 2.21.